The fourth-order valence-corrected chi connectivity index (χ4v) is 1.16. The molecule has 0 unspecified atom stereocenters. The first-order valence-corrected chi connectivity index (χ1v) is 3.91. The van der Waals surface area contributed by atoms with Crippen molar-refractivity contribution in [1.29, 1.82) is 5.26 Å². The van der Waals surface area contributed by atoms with Gasteiger partial charge in [-0.25, -0.2) is 0 Å². The summed E-state index contributed by atoms with van der Waals surface area (Å²) in [5, 5.41) is 15.2. The summed E-state index contributed by atoms with van der Waals surface area (Å²) in [7, 11) is 1.88. The summed E-state index contributed by atoms with van der Waals surface area (Å²) >= 11 is 0. The lowest BCUT2D eigenvalue weighted by atomic mass is 10.2. The molecule has 0 saturated carbocycles. The molecular formula is C8H12N4. The van der Waals surface area contributed by atoms with Crippen LogP contribution >= 0.6 is 0 Å². The molecule has 0 atom stereocenters. The molecule has 4 nitrogen and oxygen atoms in total. The van der Waals surface area contributed by atoms with Crippen LogP contribution in [0.5, 0.6) is 0 Å². The zero-order valence-corrected chi connectivity index (χ0v) is 7.33. The van der Waals surface area contributed by atoms with Crippen LogP contribution < -0.4 is 5.32 Å². The van der Waals surface area contributed by atoms with Crippen molar-refractivity contribution in [3.05, 3.63) is 17.5 Å². The summed E-state index contributed by atoms with van der Waals surface area (Å²) in [6, 6.07) is 0. The standard InChI is InChI=1S/C8H12N4/c1-3-8-7(4-10-6-9)5-12(2)11-8/h5,10H,3-4H2,1-2H3. The molecule has 1 N–H and O–H groups in total. The minimum Gasteiger partial charge on any atom is -0.319 e. The Bertz CT molecular complexity index is 294. The van der Waals surface area contributed by atoms with E-state index in [9.17, 15) is 0 Å². The van der Waals surface area contributed by atoms with Crippen LogP contribution in [0.25, 0.3) is 0 Å². The van der Waals surface area contributed by atoms with Gasteiger partial charge in [0.2, 0.25) is 0 Å². The highest BCUT2D eigenvalue weighted by Crippen LogP contribution is 2.05. The van der Waals surface area contributed by atoms with Crippen molar-refractivity contribution in [1.82, 2.24) is 15.1 Å². The van der Waals surface area contributed by atoms with Crippen LogP contribution in [0.1, 0.15) is 18.2 Å². The van der Waals surface area contributed by atoms with Gasteiger partial charge in [0.1, 0.15) is 0 Å². The molecule has 0 aliphatic carbocycles. The predicted molar refractivity (Wildman–Crippen MR) is 45.0 cm³/mol. The van der Waals surface area contributed by atoms with E-state index in [-0.39, 0.29) is 0 Å². The van der Waals surface area contributed by atoms with Crippen molar-refractivity contribution in [2.24, 2.45) is 7.05 Å². The van der Waals surface area contributed by atoms with E-state index in [1.54, 1.807) is 4.68 Å². The number of hydrogen-bond donors (Lipinski definition) is 1. The summed E-state index contributed by atoms with van der Waals surface area (Å²) < 4.78 is 1.77. The molecule has 64 valence electrons. The maximum atomic E-state index is 8.31. The maximum Gasteiger partial charge on any atom is 0.176 e. The van der Waals surface area contributed by atoms with E-state index >= 15 is 0 Å². The Labute approximate surface area is 71.8 Å². The third-order valence-electron chi connectivity index (χ3n) is 1.68. The average molecular weight is 164 g/mol. The number of aryl methyl sites for hydroxylation is 2. The molecule has 0 aromatic carbocycles. The van der Waals surface area contributed by atoms with Gasteiger partial charge < -0.3 is 5.32 Å². The topological polar surface area (TPSA) is 53.6 Å². The van der Waals surface area contributed by atoms with Gasteiger partial charge in [-0.15, -0.1) is 0 Å². The molecule has 0 fully saturated rings. The highest BCUT2D eigenvalue weighted by molar-refractivity contribution is 5.17. The van der Waals surface area contributed by atoms with Gasteiger partial charge in [0.25, 0.3) is 0 Å². The largest absolute Gasteiger partial charge is 0.319 e. The molecule has 0 radical (unpaired) electrons. The first-order valence-electron chi connectivity index (χ1n) is 3.91. The van der Waals surface area contributed by atoms with Gasteiger partial charge >= 0.3 is 0 Å². The van der Waals surface area contributed by atoms with Gasteiger partial charge in [0.15, 0.2) is 6.19 Å². The van der Waals surface area contributed by atoms with Crippen LogP contribution in [-0.2, 0) is 20.0 Å². The first-order chi connectivity index (χ1) is 5.77. The Morgan fingerprint density at radius 2 is 2.50 bits per heavy atom. The molecule has 0 amide bonds. The van der Waals surface area contributed by atoms with Crippen LogP contribution in [0.15, 0.2) is 6.20 Å². The molecule has 4 heteroatoms. The lowest BCUT2D eigenvalue weighted by Gasteiger charge is -1.95. The van der Waals surface area contributed by atoms with Crippen LogP contribution in [0.3, 0.4) is 0 Å². The Morgan fingerprint density at radius 1 is 1.75 bits per heavy atom. The van der Waals surface area contributed by atoms with Crippen LogP contribution in [0, 0.1) is 11.5 Å². The molecule has 1 aromatic heterocycles. The normalized spacial score (nSPS) is 9.42. The van der Waals surface area contributed by atoms with Gasteiger partial charge in [-0.1, -0.05) is 6.92 Å². The summed E-state index contributed by atoms with van der Waals surface area (Å²) in [6.45, 7) is 2.63. The second-order valence-electron chi connectivity index (χ2n) is 2.59. The van der Waals surface area contributed by atoms with Crippen LogP contribution in [0.2, 0.25) is 0 Å². The van der Waals surface area contributed by atoms with Crippen LogP contribution in [-0.4, -0.2) is 9.78 Å². The number of hydrogen-bond acceptors (Lipinski definition) is 3. The molecular weight excluding hydrogens is 152 g/mol. The molecule has 0 spiro atoms. The first kappa shape index (κ1) is 8.60. The van der Waals surface area contributed by atoms with E-state index in [1.807, 2.05) is 19.4 Å². The van der Waals surface area contributed by atoms with E-state index in [4.69, 9.17) is 5.26 Å². The molecule has 0 aliphatic rings. The van der Waals surface area contributed by atoms with Crippen molar-refractivity contribution in [2.75, 3.05) is 0 Å². The molecule has 1 rings (SSSR count). The third kappa shape index (κ3) is 1.76. The predicted octanol–water partition coefficient (Wildman–Crippen LogP) is 0.553. The Morgan fingerprint density at radius 3 is 3.08 bits per heavy atom. The van der Waals surface area contributed by atoms with E-state index in [0.717, 1.165) is 17.7 Å². The molecule has 1 heterocycles. The fraction of sp³-hybridized carbons (Fsp3) is 0.500. The van der Waals surface area contributed by atoms with Crippen molar-refractivity contribution < 1.29 is 0 Å². The van der Waals surface area contributed by atoms with Crippen molar-refractivity contribution in [3.63, 3.8) is 0 Å². The van der Waals surface area contributed by atoms with Crippen molar-refractivity contribution >= 4 is 0 Å². The summed E-state index contributed by atoms with van der Waals surface area (Å²) in [4.78, 5) is 0. The number of nitrogens with one attached hydrogen (secondary N) is 1. The molecule has 0 saturated heterocycles. The molecule has 0 bridgehead atoms. The second kappa shape index (κ2) is 3.77. The summed E-state index contributed by atoms with van der Waals surface area (Å²) in [5.41, 5.74) is 2.15. The number of rotatable bonds is 3. The van der Waals surface area contributed by atoms with E-state index in [2.05, 4.69) is 17.3 Å². The minimum absolute atomic E-state index is 0.577. The third-order valence-corrected chi connectivity index (χ3v) is 1.68. The smallest absolute Gasteiger partial charge is 0.176 e. The van der Waals surface area contributed by atoms with Crippen LogP contribution in [0.4, 0.5) is 0 Å². The van der Waals surface area contributed by atoms with E-state index in [1.165, 1.54) is 0 Å². The fourth-order valence-electron chi connectivity index (χ4n) is 1.16. The highest BCUT2D eigenvalue weighted by atomic mass is 15.3. The highest BCUT2D eigenvalue weighted by Gasteiger charge is 2.03. The second-order valence-corrected chi connectivity index (χ2v) is 2.59. The van der Waals surface area contributed by atoms with Gasteiger partial charge in [0.05, 0.1) is 12.2 Å². The zero-order valence-electron chi connectivity index (χ0n) is 7.33. The van der Waals surface area contributed by atoms with Crippen molar-refractivity contribution in [3.8, 4) is 6.19 Å². The van der Waals surface area contributed by atoms with Gasteiger partial charge in [-0.2, -0.15) is 10.4 Å². The monoisotopic (exact) mass is 164 g/mol. The van der Waals surface area contributed by atoms with Gasteiger partial charge in [-0.3, -0.25) is 4.68 Å². The van der Waals surface area contributed by atoms with E-state index in [0.29, 0.717) is 6.54 Å². The van der Waals surface area contributed by atoms with Gasteiger partial charge in [-0.05, 0) is 6.42 Å². The average Bonchev–Trinajstić information content (AvgIpc) is 2.42. The number of nitrogens with zero attached hydrogens (tertiary/aromatic N) is 3. The molecule has 0 aliphatic heterocycles. The lowest BCUT2D eigenvalue weighted by Crippen LogP contribution is -2.05. The molecule has 1 aromatic rings. The zero-order chi connectivity index (χ0) is 8.97. The summed E-state index contributed by atoms with van der Waals surface area (Å²) in [5.74, 6) is 0. The van der Waals surface area contributed by atoms with Crippen molar-refractivity contribution in [2.45, 2.75) is 19.9 Å². The Balaban J connectivity index is 2.76. The Kier molecular flexibility index (Phi) is 2.70. The minimum atomic E-state index is 0.577. The number of nitriles is 1. The Hall–Kier alpha value is -1.50. The van der Waals surface area contributed by atoms with E-state index < -0.39 is 0 Å². The van der Waals surface area contributed by atoms with Gasteiger partial charge in [0, 0.05) is 18.8 Å². The quantitative estimate of drug-likeness (QED) is 0.524. The molecule has 12 heavy (non-hydrogen) atoms. The number of aromatic nitrogens is 2. The SMILES string of the molecule is CCc1nn(C)cc1CNC#N. The summed E-state index contributed by atoms with van der Waals surface area (Å²) in [6.07, 6.45) is 4.73. The lowest BCUT2D eigenvalue weighted by molar-refractivity contribution is 0.746. The maximum absolute atomic E-state index is 8.31.